The number of rotatable bonds is 4. The molecule has 0 N–H and O–H groups in total. The zero-order valence-corrected chi connectivity index (χ0v) is 9.84. The van der Waals surface area contributed by atoms with E-state index in [2.05, 4.69) is 0 Å². The molecule has 3 nitrogen and oxygen atoms in total. The number of halogens is 2. The Morgan fingerprint density at radius 2 is 2.07 bits per heavy atom. The van der Waals surface area contributed by atoms with Gasteiger partial charge in [0.2, 0.25) is 0 Å². The lowest BCUT2D eigenvalue weighted by Crippen LogP contribution is -2.29. The normalized spacial score (nSPS) is 33.7. The summed E-state index contributed by atoms with van der Waals surface area (Å²) in [4.78, 5) is 11.7. The smallest absolute Gasteiger partial charge is 0.309 e. The molecule has 0 unspecified atom stereocenters. The van der Waals surface area contributed by atoms with E-state index in [0.717, 1.165) is 19.3 Å². The second-order valence-electron chi connectivity index (χ2n) is 4.09. The third-order valence-corrected chi connectivity index (χ3v) is 3.65. The monoisotopic (exact) mass is 252 g/mol. The van der Waals surface area contributed by atoms with Crippen LogP contribution in [0.25, 0.3) is 0 Å². The van der Waals surface area contributed by atoms with Gasteiger partial charge in [0.1, 0.15) is 6.10 Å². The maximum atomic E-state index is 11.7. The van der Waals surface area contributed by atoms with Gasteiger partial charge in [0, 0.05) is 0 Å². The van der Waals surface area contributed by atoms with Gasteiger partial charge in [0.05, 0.1) is 29.9 Å². The summed E-state index contributed by atoms with van der Waals surface area (Å²) in [7, 11) is 0. The van der Waals surface area contributed by atoms with Crippen LogP contribution in [-0.2, 0) is 14.3 Å². The first-order valence-electron chi connectivity index (χ1n) is 5.22. The summed E-state index contributed by atoms with van der Waals surface area (Å²) < 4.78 is 10.6. The fourth-order valence-corrected chi connectivity index (χ4v) is 2.44. The van der Waals surface area contributed by atoms with Crippen molar-refractivity contribution in [2.75, 3.05) is 11.8 Å². The van der Waals surface area contributed by atoms with E-state index in [1.807, 2.05) is 0 Å². The summed E-state index contributed by atoms with van der Waals surface area (Å²) in [6.07, 6.45) is 2.96. The number of fused-ring (bicyclic) bond motifs is 1. The standard InChI is InChI=1S/C10H14Cl2O3/c11-4-7(5-12)14-10(13)6-1-2-8-9(3-6)15-8/h6-9H,1-5H2/t6-,8-,9+/m1/s1. The van der Waals surface area contributed by atoms with Crippen molar-refractivity contribution < 1.29 is 14.3 Å². The molecule has 1 aliphatic carbocycles. The summed E-state index contributed by atoms with van der Waals surface area (Å²) >= 11 is 11.2. The van der Waals surface area contributed by atoms with E-state index in [1.54, 1.807) is 0 Å². The number of alkyl halides is 2. The number of ether oxygens (including phenoxy) is 2. The second-order valence-corrected chi connectivity index (χ2v) is 4.71. The van der Waals surface area contributed by atoms with Crippen LogP contribution >= 0.6 is 23.2 Å². The lowest BCUT2D eigenvalue weighted by atomic mass is 9.89. The van der Waals surface area contributed by atoms with E-state index in [-0.39, 0.29) is 29.8 Å². The molecular formula is C10H14Cl2O3. The maximum Gasteiger partial charge on any atom is 0.309 e. The van der Waals surface area contributed by atoms with E-state index >= 15 is 0 Å². The fourth-order valence-electron chi connectivity index (χ4n) is 1.98. The van der Waals surface area contributed by atoms with Crippen molar-refractivity contribution in [3.63, 3.8) is 0 Å². The molecular weight excluding hydrogens is 239 g/mol. The van der Waals surface area contributed by atoms with Gasteiger partial charge >= 0.3 is 5.97 Å². The molecule has 2 fully saturated rings. The summed E-state index contributed by atoms with van der Waals surface area (Å²) in [6.45, 7) is 0. The molecule has 0 spiro atoms. The van der Waals surface area contributed by atoms with E-state index < -0.39 is 0 Å². The van der Waals surface area contributed by atoms with Gasteiger partial charge in [-0.15, -0.1) is 23.2 Å². The molecule has 0 radical (unpaired) electrons. The first kappa shape index (κ1) is 11.5. The maximum absolute atomic E-state index is 11.7. The summed E-state index contributed by atoms with van der Waals surface area (Å²) in [6, 6.07) is 0. The van der Waals surface area contributed by atoms with Crippen molar-refractivity contribution in [1.82, 2.24) is 0 Å². The molecule has 0 aromatic rings. The van der Waals surface area contributed by atoms with Crippen molar-refractivity contribution in [3.8, 4) is 0 Å². The predicted molar refractivity (Wildman–Crippen MR) is 57.3 cm³/mol. The number of carbonyl (C=O) groups is 1. The van der Waals surface area contributed by atoms with Crippen LogP contribution in [0.3, 0.4) is 0 Å². The van der Waals surface area contributed by atoms with Gasteiger partial charge in [0.25, 0.3) is 0 Å². The number of esters is 1. The Balaban J connectivity index is 1.79. The number of hydrogen-bond donors (Lipinski definition) is 0. The Morgan fingerprint density at radius 3 is 2.67 bits per heavy atom. The van der Waals surface area contributed by atoms with Crippen molar-refractivity contribution in [2.24, 2.45) is 5.92 Å². The van der Waals surface area contributed by atoms with Crippen LogP contribution in [0.4, 0.5) is 0 Å². The molecule has 86 valence electrons. The molecule has 15 heavy (non-hydrogen) atoms. The average molecular weight is 253 g/mol. The van der Waals surface area contributed by atoms with Crippen LogP contribution in [-0.4, -0.2) is 36.0 Å². The highest BCUT2D eigenvalue weighted by Gasteiger charge is 2.46. The molecule has 5 heteroatoms. The predicted octanol–water partition coefficient (Wildman–Crippen LogP) is 1.94. The van der Waals surface area contributed by atoms with Crippen LogP contribution in [0.2, 0.25) is 0 Å². The van der Waals surface area contributed by atoms with Gasteiger partial charge in [-0.3, -0.25) is 4.79 Å². The Hall–Kier alpha value is 0.01000. The Kier molecular flexibility index (Phi) is 3.75. The summed E-state index contributed by atoms with van der Waals surface area (Å²) in [5, 5.41) is 0. The SMILES string of the molecule is O=C(OC(CCl)CCl)[C@@H]1CC[C@H]2O[C@H]2C1. The second kappa shape index (κ2) is 4.89. The minimum atomic E-state index is -0.362. The molecule has 2 rings (SSSR count). The number of carbonyl (C=O) groups excluding carboxylic acids is 1. The summed E-state index contributed by atoms with van der Waals surface area (Å²) in [5.74, 6) is 0.313. The highest BCUT2D eigenvalue weighted by molar-refractivity contribution is 6.21. The highest BCUT2D eigenvalue weighted by Crippen LogP contribution is 2.39. The van der Waals surface area contributed by atoms with Crippen molar-refractivity contribution in [3.05, 3.63) is 0 Å². The Labute approximate surface area is 99.0 Å². The molecule has 0 aromatic heterocycles. The average Bonchev–Trinajstić information content (AvgIpc) is 3.03. The molecule has 0 bridgehead atoms. The minimum Gasteiger partial charge on any atom is -0.460 e. The Bertz CT molecular complexity index is 243. The number of hydrogen-bond acceptors (Lipinski definition) is 3. The lowest BCUT2D eigenvalue weighted by molar-refractivity contribution is -0.153. The largest absolute Gasteiger partial charge is 0.460 e. The van der Waals surface area contributed by atoms with Gasteiger partial charge in [-0.1, -0.05) is 0 Å². The first-order chi connectivity index (χ1) is 7.24. The Morgan fingerprint density at radius 1 is 1.33 bits per heavy atom. The third kappa shape index (κ3) is 2.77. The lowest BCUT2D eigenvalue weighted by Gasteiger charge is -2.20. The molecule has 1 saturated heterocycles. The van der Waals surface area contributed by atoms with Gasteiger partial charge in [-0.25, -0.2) is 0 Å². The number of epoxide rings is 1. The molecule has 1 aliphatic heterocycles. The molecule has 2 aliphatic rings. The van der Waals surface area contributed by atoms with Gasteiger partial charge in [0.15, 0.2) is 0 Å². The fraction of sp³-hybridized carbons (Fsp3) is 0.900. The van der Waals surface area contributed by atoms with Crippen LogP contribution < -0.4 is 0 Å². The molecule has 0 amide bonds. The highest BCUT2D eigenvalue weighted by atomic mass is 35.5. The topological polar surface area (TPSA) is 38.8 Å². The minimum absolute atomic E-state index is 0.0253. The van der Waals surface area contributed by atoms with E-state index in [9.17, 15) is 4.79 Å². The van der Waals surface area contributed by atoms with E-state index in [0.29, 0.717) is 12.2 Å². The zero-order chi connectivity index (χ0) is 10.8. The van der Waals surface area contributed by atoms with Crippen LogP contribution in [0, 0.1) is 5.92 Å². The van der Waals surface area contributed by atoms with Gasteiger partial charge in [-0.05, 0) is 19.3 Å². The van der Waals surface area contributed by atoms with Gasteiger partial charge < -0.3 is 9.47 Å². The molecule has 0 aromatic carbocycles. The van der Waals surface area contributed by atoms with E-state index in [4.69, 9.17) is 32.7 Å². The quantitative estimate of drug-likeness (QED) is 0.436. The van der Waals surface area contributed by atoms with E-state index in [1.165, 1.54) is 0 Å². The molecule has 3 atom stereocenters. The first-order valence-corrected chi connectivity index (χ1v) is 6.29. The van der Waals surface area contributed by atoms with Crippen LogP contribution in [0.1, 0.15) is 19.3 Å². The zero-order valence-electron chi connectivity index (χ0n) is 8.33. The third-order valence-electron chi connectivity index (χ3n) is 2.96. The van der Waals surface area contributed by atoms with Crippen molar-refractivity contribution in [2.45, 2.75) is 37.6 Å². The van der Waals surface area contributed by atoms with Crippen LogP contribution in [0.5, 0.6) is 0 Å². The van der Waals surface area contributed by atoms with Gasteiger partial charge in [-0.2, -0.15) is 0 Å². The van der Waals surface area contributed by atoms with Crippen LogP contribution in [0.15, 0.2) is 0 Å². The molecule has 1 saturated carbocycles. The summed E-state index contributed by atoms with van der Waals surface area (Å²) in [5.41, 5.74) is 0. The van der Waals surface area contributed by atoms with Crippen molar-refractivity contribution in [1.29, 1.82) is 0 Å². The molecule has 1 heterocycles. The van der Waals surface area contributed by atoms with Crippen molar-refractivity contribution >= 4 is 29.2 Å².